The Balaban J connectivity index is 1.62. The van der Waals surface area contributed by atoms with Gasteiger partial charge in [-0.15, -0.1) is 11.3 Å². The molecular weight excluding hydrogens is 280 g/mol. The van der Waals surface area contributed by atoms with E-state index in [0.717, 1.165) is 17.2 Å². The van der Waals surface area contributed by atoms with Gasteiger partial charge in [0.15, 0.2) is 4.96 Å². The molecule has 0 saturated heterocycles. The molecule has 0 amide bonds. The van der Waals surface area contributed by atoms with Crippen molar-refractivity contribution >= 4 is 16.3 Å². The van der Waals surface area contributed by atoms with Gasteiger partial charge >= 0.3 is 0 Å². The van der Waals surface area contributed by atoms with Crippen LogP contribution < -0.4 is 5.32 Å². The van der Waals surface area contributed by atoms with E-state index in [1.807, 2.05) is 0 Å². The third-order valence-electron chi connectivity index (χ3n) is 4.40. The van der Waals surface area contributed by atoms with E-state index >= 15 is 0 Å². The summed E-state index contributed by atoms with van der Waals surface area (Å²) < 4.78 is 4.40. The first-order valence-corrected chi connectivity index (χ1v) is 8.48. The number of hydrogen-bond donors (Lipinski definition) is 1. The highest BCUT2D eigenvalue weighted by atomic mass is 32.1. The van der Waals surface area contributed by atoms with E-state index in [9.17, 15) is 0 Å². The molecule has 0 bridgehead atoms. The summed E-state index contributed by atoms with van der Waals surface area (Å²) in [6, 6.07) is 0.509. The molecule has 0 aromatic carbocycles. The minimum Gasteiger partial charge on any atom is -0.348 e. The number of aryl methyl sites for hydroxylation is 1. The second-order valence-electron chi connectivity index (χ2n) is 5.82. The number of nitrogens with zero attached hydrogens (tertiary/aromatic N) is 3. The molecule has 1 aliphatic carbocycles. The molecule has 0 spiro atoms. The molecule has 3 aromatic heterocycles. The molecule has 0 radical (unpaired) electrons. The van der Waals surface area contributed by atoms with Gasteiger partial charge in [-0.05, 0) is 37.4 Å². The van der Waals surface area contributed by atoms with Crippen LogP contribution in [0.2, 0.25) is 0 Å². The molecule has 1 aliphatic rings. The molecule has 3 heterocycles. The molecule has 21 heavy (non-hydrogen) atoms. The van der Waals surface area contributed by atoms with Crippen LogP contribution in [-0.2, 0) is 13.0 Å². The van der Waals surface area contributed by atoms with Crippen LogP contribution in [-0.4, -0.2) is 21.0 Å². The van der Waals surface area contributed by atoms with Crippen LogP contribution in [0.3, 0.4) is 0 Å². The maximum Gasteiger partial charge on any atom is 0.193 e. The number of imidazole rings is 1. The highest BCUT2D eigenvalue weighted by Crippen LogP contribution is 2.29. The molecule has 1 N–H and O–H groups in total. The zero-order valence-corrected chi connectivity index (χ0v) is 13.1. The Morgan fingerprint density at radius 1 is 1.33 bits per heavy atom. The number of fused-ring (bicyclic) bond motifs is 2. The predicted molar refractivity (Wildman–Crippen MR) is 86.0 cm³/mol. The third-order valence-corrected chi connectivity index (χ3v) is 5.17. The molecule has 3 aromatic rings. The quantitative estimate of drug-likeness (QED) is 0.754. The third kappa shape index (κ3) is 2.40. The Labute approximate surface area is 128 Å². The van der Waals surface area contributed by atoms with Crippen molar-refractivity contribution in [2.24, 2.45) is 0 Å². The van der Waals surface area contributed by atoms with Gasteiger partial charge in [-0.25, -0.2) is 4.98 Å². The molecule has 1 atom stereocenters. The van der Waals surface area contributed by atoms with E-state index in [2.05, 4.69) is 56.5 Å². The fourth-order valence-corrected chi connectivity index (χ4v) is 4.06. The second kappa shape index (κ2) is 5.31. The number of hydrogen-bond acceptors (Lipinski definition) is 3. The maximum atomic E-state index is 4.68. The van der Waals surface area contributed by atoms with Crippen LogP contribution in [0.25, 0.3) is 4.96 Å². The van der Waals surface area contributed by atoms with Crippen LogP contribution >= 0.6 is 11.3 Å². The standard InChI is InChI=1S/C16H20N4S/c1-17-15-5-3-2-4-12-8-19(11-14(12)15)9-13-10-20-6-7-21-16(20)18-13/h6-8,10-11,15,17H,2-5,9H2,1H3. The minimum atomic E-state index is 0.509. The monoisotopic (exact) mass is 300 g/mol. The zero-order valence-electron chi connectivity index (χ0n) is 12.2. The molecule has 4 nitrogen and oxygen atoms in total. The molecule has 0 fully saturated rings. The zero-order chi connectivity index (χ0) is 14.2. The van der Waals surface area contributed by atoms with Crippen molar-refractivity contribution in [3.05, 3.63) is 47.0 Å². The largest absolute Gasteiger partial charge is 0.348 e. The van der Waals surface area contributed by atoms with Crippen molar-refractivity contribution in [3.63, 3.8) is 0 Å². The van der Waals surface area contributed by atoms with Crippen LogP contribution in [0.5, 0.6) is 0 Å². The van der Waals surface area contributed by atoms with Gasteiger partial charge in [0.2, 0.25) is 0 Å². The summed E-state index contributed by atoms with van der Waals surface area (Å²) in [4.78, 5) is 5.75. The van der Waals surface area contributed by atoms with Crippen molar-refractivity contribution in [2.45, 2.75) is 38.3 Å². The lowest BCUT2D eigenvalue weighted by atomic mass is 10.1. The first-order valence-electron chi connectivity index (χ1n) is 7.60. The molecule has 5 heteroatoms. The lowest BCUT2D eigenvalue weighted by molar-refractivity contribution is 0.531. The van der Waals surface area contributed by atoms with Crippen molar-refractivity contribution in [2.75, 3.05) is 7.05 Å². The first-order chi connectivity index (χ1) is 10.3. The predicted octanol–water partition coefficient (Wildman–Crippen LogP) is 3.23. The van der Waals surface area contributed by atoms with E-state index in [1.165, 1.54) is 36.8 Å². The van der Waals surface area contributed by atoms with Crippen molar-refractivity contribution in [1.29, 1.82) is 0 Å². The summed E-state index contributed by atoms with van der Waals surface area (Å²) in [5.74, 6) is 0. The molecule has 0 saturated carbocycles. The number of nitrogens with one attached hydrogen (secondary N) is 1. The summed E-state index contributed by atoms with van der Waals surface area (Å²) in [5, 5.41) is 5.53. The second-order valence-corrected chi connectivity index (χ2v) is 6.70. The van der Waals surface area contributed by atoms with E-state index in [-0.39, 0.29) is 0 Å². The summed E-state index contributed by atoms with van der Waals surface area (Å²) in [6.45, 7) is 0.859. The Hall–Kier alpha value is -1.59. The Morgan fingerprint density at radius 3 is 3.14 bits per heavy atom. The summed E-state index contributed by atoms with van der Waals surface area (Å²) in [5.41, 5.74) is 4.12. The van der Waals surface area contributed by atoms with Gasteiger partial charge in [-0.1, -0.05) is 6.42 Å². The van der Waals surface area contributed by atoms with Crippen LogP contribution in [0.1, 0.15) is 42.1 Å². The van der Waals surface area contributed by atoms with Crippen LogP contribution in [0, 0.1) is 0 Å². The SMILES string of the molecule is CNC1CCCCc2cn(Cc3cn4ccsc4n3)cc21. The minimum absolute atomic E-state index is 0.509. The lowest BCUT2D eigenvalue weighted by Crippen LogP contribution is -2.15. The van der Waals surface area contributed by atoms with Crippen molar-refractivity contribution < 1.29 is 0 Å². The topological polar surface area (TPSA) is 34.3 Å². The van der Waals surface area contributed by atoms with Crippen molar-refractivity contribution in [3.8, 4) is 0 Å². The van der Waals surface area contributed by atoms with Gasteiger partial charge in [0, 0.05) is 36.2 Å². The Kier molecular flexibility index (Phi) is 3.31. The summed E-state index contributed by atoms with van der Waals surface area (Å²) >= 11 is 1.69. The van der Waals surface area contributed by atoms with Crippen LogP contribution in [0.15, 0.2) is 30.2 Å². The van der Waals surface area contributed by atoms with E-state index in [0.29, 0.717) is 6.04 Å². The lowest BCUT2D eigenvalue weighted by Gasteiger charge is -2.13. The first kappa shape index (κ1) is 13.1. The van der Waals surface area contributed by atoms with Gasteiger partial charge in [0.1, 0.15) is 0 Å². The van der Waals surface area contributed by atoms with E-state index < -0.39 is 0 Å². The molecule has 110 valence electrons. The maximum absolute atomic E-state index is 4.68. The highest BCUT2D eigenvalue weighted by Gasteiger charge is 2.19. The average Bonchev–Trinajstić information content (AvgIpc) is 3.12. The fraction of sp³-hybridized carbons (Fsp3) is 0.438. The molecule has 4 rings (SSSR count). The number of thiazole rings is 1. The number of rotatable bonds is 3. The summed E-state index contributed by atoms with van der Waals surface area (Å²) in [7, 11) is 2.07. The van der Waals surface area contributed by atoms with Crippen LogP contribution in [0.4, 0.5) is 0 Å². The van der Waals surface area contributed by atoms with Crippen molar-refractivity contribution in [1.82, 2.24) is 19.3 Å². The fourth-order valence-electron chi connectivity index (χ4n) is 3.35. The average molecular weight is 300 g/mol. The molecular formula is C16H20N4S. The van der Waals surface area contributed by atoms with Gasteiger partial charge in [0.05, 0.1) is 12.2 Å². The smallest absolute Gasteiger partial charge is 0.193 e. The van der Waals surface area contributed by atoms with E-state index in [1.54, 1.807) is 11.3 Å². The summed E-state index contributed by atoms with van der Waals surface area (Å²) in [6.07, 6.45) is 13.9. The van der Waals surface area contributed by atoms with Gasteiger partial charge in [-0.2, -0.15) is 0 Å². The van der Waals surface area contributed by atoms with E-state index in [4.69, 9.17) is 0 Å². The van der Waals surface area contributed by atoms with Gasteiger partial charge < -0.3 is 9.88 Å². The Morgan fingerprint density at radius 2 is 2.29 bits per heavy atom. The molecule has 0 aliphatic heterocycles. The highest BCUT2D eigenvalue weighted by molar-refractivity contribution is 7.15. The normalized spacial score (nSPS) is 18.8. The number of aromatic nitrogens is 3. The van der Waals surface area contributed by atoms with Gasteiger partial charge in [0.25, 0.3) is 0 Å². The molecule has 1 unspecified atom stereocenters. The van der Waals surface area contributed by atoms with Gasteiger partial charge in [-0.3, -0.25) is 4.40 Å². The Bertz CT molecular complexity index is 723.